The molecule has 49 heavy (non-hydrogen) atoms. The first-order valence-corrected chi connectivity index (χ1v) is 17.8. The summed E-state index contributed by atoms with van der Waals surface area (Å²) in [7, 11) is 1.49. The SMILES string of the molecule is C[C@H](C(=O)N[C@H](C(=O)N1CCC[C@H]1C(=O)N[C@H]1c2ccccc2C[C@H]1OCCCOCCCCCO)C(C)(C)C)N(C)C(=O)OC(C)(C)C. The fourth-order valence-corrected chi connectivity index (χ4v) is 6.17. The Labute approximate surface area is 292 Å². The van der Waals surface area contributed by atoms with Gasteiger partial charge in [-0.15, -0.1) is 0 Å². The van der Waals surface area contributed by atoms with Gasteiger partial charge >= 0.3 is 6.09 Å². The van der Waals surface area contributed by atoms with Crippen LogP contribution in [0.2, 0.25) is 0 Å². The van der Waals surface area contributed by atoms with Gasteiger partial charge in [-0.25, -0.2) is 4.79 Å². The van der Waals surface area contributed by atoms with E-state index in [2.05, 4.69) is 16.7 Å². The van der Waals surface area contributed by atoms with Crippen LogP contribution in [0.1, 0.15) is 104 Å². The third kappa shape index (κ3) is 11.7. The van der Waals surface area contributed by atoms with Crippen molar-refractivity contribution in [3.05, 3.63) is 35.4 Å². The molecule has 1 aromatic carbocycles. The Morgan fingerprint density at radius 2 is 1.69 bits per heavy atom. The summed E-state index contributed by atoms with van der Waals surface area (Å²) < 4.78 is 17.4. The van der Waals surface area contributed by atoms with Crippen LogP contribution in [-0.2, 0) is 35.0 Å². The zero-order valence-corrected chi connectivity index (χ0v) is 30.9. The van der Waals surface area contributed by atoms with E-state index in [0.29, 0.717) is 45.6 Å². The topological polar surface area (TPSA) is 147 Å². The van der Waals surface area contributed by atoms with Crippen molar-refractivity contribution in [1.29, 1.82) is 0 Å². The van der Waals surface area contributed by atoms with E-state index >= 15 is 0 Å². The summed E-state index contributed by atoms with van der Waals surface area (Å²) in [5.41, 5.74) is 0.741. The van der Waals surface area contributed by atoms with Gasteiger partial charge in [-0.05, 0) is 82.8 Å². The first-order chi connectivity index (χ1) is 23.0. The molecule has 1 aromatic rings. The number of hydrogen-bond acceptors (Lipinski definition) is 8. The first-order valence-electron chi connectivity index (χ1n) is 17.8. The molecule has 5 atom stereocenters. The fraction of sp³-hybridized carbons (Fsp3) is 0.730. The number of nitrogens with one attached hydrogen (secondary N) is 2. The van der Waals surface area contributed by atoms with Crippen LogP contribution in [0.3, 0.4) is 0 Å². The number of aliphatic hydroxyl groups excluding tert-OH is 1. The molecule has 3 N–H and O–H groups in total. The van der Waals surface area contributed by atoms with Crippen LogP contribution in [0.25, 0.3) is 0 Å². The third-order valence-electron chi connectivity index (χ3n) is 9.07. The molecule has 276 valence electrons. The largest absolute Gasteiger partial charge is 0.444 e. The monoisotopic (exact) mass is 688 g/mol. The van der Waals surface area contributed by atoms with Gasteiger partial charge in [0, 0.05) is 46.4 Å². The van der Waals surface area contributed by atoms with Gasteiger partial charge in [0.1, 0.15) is 23.7 Å². The van der Waals surface area contributed by atoms with Crippen molar-refractivity contribution in [2.75, 3.05) is 40.0 Å². The van der Waals surface area contributed by atoms with Crippen LogP contribution >= 0.6 is 0 Å². The minimum Gasteiger partial charge on any atom is -0.444 e. The molecule has 12 nitrogen and oxygen atoms in total. The summed E-state index contributed by atoms with van der Waals surface area (Å²) in [6.45, 7) is 14.8. The molecule has 0 spiro atoms. The van der Waals surface area contributed by atoms with Crippen LogP contribution in [0.5, 0.6) is 0 Å². The van der Waals surface area contributed by atoms with E-state index in [9.17, 15) is 19.2 Å². The highest BCUT2D eigenvalue weighted by Gasteiger charge is 2.44. The zero-order chi connectivity index (χ0) is 36.4. The molecule has 0 aromatic heterocycles. The average Bonchev–Trinajstić information content (AvgIpc) is 3.66. The highest BCUT2D eigenvalue weighted by Crippen LogP contribution is 2.34. The molecule has 1 aliphatic carbocycles. The summed E-state index contributed by atoms with van der Waals surface area (Å²) in [4.78, 5) is 56.9. The number of amides is 4. The lowest BCUT2D eigenvalue weighted by Crippen LogP contribution is -2.60. The molecular weight excluding hydrogens is 628 g/mol. The Hall–Kier alpha value is -3.22. The molecule has 1 heterocycles. The second kappa shape index (κ2) is 18.1. The van der Waals surface area contributed by atoms with Crippen molar-refractivity contribution in [3.8, 4) is 0 Å². The number of likely N-dealkylation sites (tertiary alicyclic amines) is 1. The lowest BCUT2D eigenvalue weighted by molar-refractivity contribution is -0.144. The fourth-order valence-electron chi connectivity index (χ4n) is 6.17. The number of carbonyl (C=O) groups excluding carboxylic acids is 4. The van der Waals surface area contributed by atoms with Gasteiger partial charge in [0.05, 0.1) is 12.1 Å². The number of benzene rings is 1. The molecular formula is C37H60N4O8. The third-order valence-corrected chi connectivity index (χ3v) is 9.07. The Morgan fingerprint density at radius 1 is 1.00 bits per heavy atom. The Bertz CT molecular complexity index is 1260. The summed E-state index contributed by atoms with van der Waals surface area (Å²) >= 11 is 0. The van der Waals surface area contributed by atoms with Gasteiger partial charge in [-0.2, -0.15) is 0 Å². The molecule has 0 bridgehead atoms. The molecule has 2 aliphatic rings. The van der Waals surface area contributed by atoms with Gasteiger partial charge in [-0.3, -0.25) is 19.3 Å². The van der Waals surface area contributed by atoms with Crippen LogP contribution in [-0.4, -0.2) is 109 Å². The van der Waals surface area contributed by atoms with Crippen LogP contribution in [0.4, 0.5) is 4.79 Å². The molecule has 12 heteroatoms. The van der Waals surface area contributed by atoms with Gasteiger partial charge in [-0.1, -0.05) is 45.0 Å². The van der Waals surface area contributed by atoms with E-state index in [1.807, 2.05) is 39.0 Å². The maximum Gasteiger partial charge on any atom is 0.410 e. The predicted molar refractivity (Wildman–Crippen MR) is 187 cm³/mol. The van der Waals surface area contributed by atoms with E-state index in [1.165, 1.54) is 11.9 Å². The quantitative estimate of drug-likeness (QED) is 0.220. The van der Waals surface area contributed by atoms with Crippen molar-refractivity contribution >= 4 is 23.8 Å². The zero-order valence-electron chi connectivity index (χ0n) is 30.9. The molecule has 0 radical (unpaired) electrons. The van der Waals surface area contributed by atoms with E-state index in [4.69, 9.17) is 19.3 Å². The molecule has 3 rings (SSSR count). The van der Waals surface area contributed by atoms with Crippen LogP contribution in [0.15, 0.2) is 24.3 Å². The van der Waals surface area contributed by atoms with Crippen LogP contribution in [0, 0.1) is 5.41 Å². The molecule has 0 unspecified atom stereocenters. The maximum atomic E-state index is 14.1. The van der Waals surface area contributed by atoms with Crippen molar-refractivity contribution in [2.24, 2.45) is 5.41 Å². The Morgan fingerprint density at radius 3 is 2.37 bits per heavy atom. The molecule has 1 aliphatic heterocycles. The number of aliphatic hydroxyl groups is 1. The molecule has 1 saturated heterocycles. The number of fused-ring (bicyclic) bond motifs is 1. The summed E-state index contributed by atoms with van der Waals surface area (Å²) in [5, 5.41) is 15.0. The van der Waals surface area contributed by atoms with Crippen molar-refractivity contribution in [3.63, 3.8) is 0 Å². The second-order valence-electron chi connectivity index (χ2n) is 15.3. The number of carbonyl (C=O) groups is 4. The summed E-state index contributed by atoms with van der Waals surface area (Å²) in [6, 6.07) is 5.12. The highest BCUT2D eigenvalue weighted by atomic mass is 16.6. The maximum absolute atomic E-state index is 14.1. The van der Waals surface area contributed by atoms with Crippen molar-refractivity contribution in [1.82, 2.24) is 20.4 Å². The number of likely N-dealkylation sites (N-methyl/N-ethyl adjacent to an activating group) is 1. The molecule has 0 saturated carbocycles. The molecule has 4 amide bonds. The van der Waals surface area contributed by atoms with Gasteiger partial charge < -0.3 is 34.9 Å². The number of rotatable bonds is 16. The van der Waals surface area contributed by atoms with E-state index in [1.54, 1.807) is 32.6 Å². The summed E-state index contributed by atoms with van der Waals surface area (Å²) in [6.07, 6.45) is 4.33. The Kier molecular flexibility index (Phi) is 14.9. The predicted octanol–water partition coefficient (Wildman–Crippen LogP) is 4.13. The van der Waals surface area contributed by atoms with Crippen LogP contribution < -0.4 is 10.6 Å². The number of unbranched alkanes of at least 4 members (excludes halogenated alkanes) is 2. The van der Waals surface area contributed by atoms with E-state index < -0.39 is 41.1 Å². The lowest BCUT2D eigenvalue weighted by atomic mass is 9.85. The van der Waals surface area contributed by atoms with Crippen molar-refractivity contribution in [2.45, 2.75) is 129 Å². The smallest absolute Gasteiger partial charge is 0.410 e. The highest BCUT2D eigenvalue weighted by molar-refractivity contribution is 5.94. The lowest BCUT2D eigenvalue weighted by Gasteiger charge is -2.37. The number of hydrogen-bond donors (Lipinski definition) is 3. The second-order valence-corrected chi connectivity index (χ2v) is 15.3. The molecule has 1 fully saturated rings. The first kappa shape index (κ1) is 40.2. The van der Waals surface area contributed by atoms with Crippen molar-refractivity contribution < 1.29 is 38.5 Å². The minimum atomic E-state index is -0.928. The minimum absolute atomic E-state index is 0.204. The number of ether oxygens (including phenoxy) is 3. The van der Waals surface area contributed by atoms with Gasteiger partial charge in [0.25, 0.3) is 0 Å². The standard InChI is InChI=1S/C37H60N4O8/c1-25(40(8)35(46)49-37(5,6)7)32(43)39-31(36(2,3)4)34(45)41-19-14-18-28(41)33(44)38-30-27-17-11-10-16-26(27)24-29(30)48-23-15-22-47-21-13-9-12-20-42/h10-11,16-17,25,28-31,42H,9,12-15,18-24H2,1-8H3,(H,38,44)(H,39,43)/t25-,28+,29-,30+,31-/m1/s1. The number of nitrogens with zero attached hydrogens (tertiary/aromatic N) is 2. The Balaban J connectivity index is 1.65. The normalized spacial score (nSPS) is 20.3. The van der Waals surface area contributed by atoms with E-state index in [0.717, 1.165) is 36.8 Å². The van der Waals surface area contributed by atoms with Gasteiger partial charge in [0.15, 0.2) is 0 Å². The average molecular weight is 689 g/mol. The van der Waals surface area contributed by atoms with E-state index in [-0.39, 0.29) is 30.6 Å². The van der Waals surface area contributed by atoms with Gasteiger partial charge in [0.2, 0.25) is 17.7 Å². The summed E-state index contributed by atoms with van der Waals surface area (Å²) in [5.74, 6) is -1.07.